The summed E-state index contributed by atoms with van der Waals surface area (Å²) in [4.78, 5) is 25.9. The Morgan fingerprint density at radius 1 is 1.47 bits per heavy atom. The number of aliphatic carboxylic acids is 1. The highest BCUT2D eigenvalue weighted by Crippen LogP contribution is 2.16. The van der Waals surface area contributed by atoms with Crippen LogP contribution in [0.25, 0.3) is 0 Å². The van der Waals surface area contributed by atoms with Crippen molar-refractivity contribution in [3.05, 3.63) is 0 Å². The third kappa shape index (κ3) is 3.51. The molecule has 1 atom stereocenters. The average molecular weight is 214 g/mol. The smallest absolute Gasteiger partial charge is 0.308 e. The molecule has 1 amide bonds. The van der Waals surface area contributed by atoms with E-state index >= 15 is 0 Å². The van der Waals surface area contributed by atoms with Gasteiger partial charge in [0.2, 0.25) is 5.91 Å². The number of hydrogen-bond donors (Lipinski definition) is 1. The minimum Gasteiger partial charge on any atom is -0.481 e. The SMILES string of the molecule is CN(C)CC(=O)N1CCC[C@H](C(=O)O)C1. The number of carboxylic acids is 1. The van der Waals surface area contributed by atoms with Crippen LogP contribution in [0.15, 0.2) is 0 Å². The summed E-state index contributed by atoms with van der Waals surface area (Å²) in [6.07, 6.45) is 1.47. The number of nitrogens with zero attached hydrogens (tertiary/aromatic N) is 2. The van der Waals surface area contributed by atoms with Gasteiger partial charge in [0.15, 0.2) is 0 Å². The van der Waals surface area contributed by atoms with Crippen molar-refractivity contribution in [3.8, 4) is 0 Å². The third-order valence-corrected chi connectivity index (χ3v) is 2.57. The Morgan fingerprint density at radius 2 is 2.13 bits per heavy atom. The lowest BCUT2D eigenvalue weighted by Crippen LogP contribution is -2.45. The van der Waals surface area contributed by atoms with Gasteiger partial charge in [-0.05, 0) is 26.9 Å². The Hall–Kier alpha value is -1.10. The first-order chi connectivity index (χ1) is 7.00. The summed E-state index contributed by atoms with van der Waals surface area (Å²) in [5.74, 6) is -1.16. The van der Waals surface area contributed by atoms with Crippen LogP contribution >= 0.6 is 0 Å². The van der Waals surface area contributed by atoms with Gasteiger partial charge < -0.3 is 14.9 Å². The zero-order valence-electron chi connectivity index (χ0n) is 9.27. The molecule has 0 saturated carbocycles. The monoisotopic (exact) mass is 214 g/mol. The topological polar surface area (TPSA) is 60.9 Å². The van der Waals surface area contributed by atoms with Crippen molar-refractivity contribution in [2.45, 2.75) is 12.8 Å². The number of rotatable bonds is 3. The fourth-order valence-electron chi connectivity index (χ4n) is 1.78. The summed E-state index contributed by atoms with van der Waals surface area (Å²) in [6.45, 7) is 1.41. The third-order valence-electron chi connectivity index (χ3n) is 2.57. The van der Waals surface area contributed by atoms with Crippen molar-refractivity contribution >= 4 is 11.9 Å². The van der Waals surface area contributed by atoms with E-state index in [1.54, 1.807) is 9.80 Å². The summed E-state index contributed by atoms with van der Waals surface area (Å²) in [5, 5.41) is 8.87. The number of piperidine rings is 1. The molecule has 1 fully saturated rings. The number of carboxylic acid groups (broad SMARTS) is 1. The first-order valence-corrected chi connectivity index (χ1v) is 5.16. The van der Waals surface area contributed by atoms with Crippen LogP contribution in [0.1, 0.15) is 12.8 Å². The zero-order chi connectivity index (χ0) is 11.4. The molecule has 0 aromatic heterocycles. The quantitative estimate of drug-likeness (QED) is 0.711. The Kier molecular flexibility index (Phi) is 4.08. The molecule has 5 heteroatoms. The van der Waals surface area contributed by atoms with Gasteiger partial charge >= 0.3 is 5.97 Å². The van der Waals surface area contributed by atoms with Gasteiger partial charge in [-0.15, -0.1) is 0 Å². The minimum absolute atomic E-state index is 0.0194. The number of amides is 1. The first-order valence-electron chi connectivity index (χ1n) is 5.16. The van der Waals surface area contributed by atoms with Gasteiger partial charge in [0.05, 0.1) is 12.5 Å². The number of carbonyl (C=O) groups excluding carboxylic acids is 1. The summed E-state index contributed by atoms with van der Waals surface area (Å²) >= 11 is 0. The Bertz CT molecular complexity index is 253. The molecule has 5 nitrogen and oxygen atoms in total. The second-order valence-corrected chi connectivity index (χ2v) is 4.25. The van der Waals surface area contributed by atoms with E-state index < -0.39 is 5.97 Å². The lowest BCUT2D eigenvalue weighted by Gasteiger charge is -2.31. The van der Waals surface area contributed by atoms with E-state index in [4.69, 9.17) is 5.11 Å². The lowest BCUT2D eigenvalue weighted by atomic mass is 9.98. The predicted octanol–water partition coefficient (Wildman–Crippen LogP) is -0.129. The molecular formula is C10H18N2O3. The van der Waals surface area contributed by atoms with Gasteiger partial charge in [-0.1, -0.05) is 0 Å². The van der Waals surface area contributed by atoms with E-state index in [0.29, 0.717) is 26.1 Å². The number of carbonyl (C=O) groups is 2. The second kappa shape index (κ2) is 5.11. The van der Waals surface area contributed by atoms with E-state index in [9.17, 15) is 9.59 Å². The van der Waals surface area contributed by atoms with Crippen LogP contribution in [0.3, 0.4) is 0 Å². The van der Waals surface area contributed by atoms with Gasteiger partial charge in [-0.2, -0.15) is 0 Å². The van der Waals surface area contributed by atoms with Crippen LogP contribution in [0, 0.1) is 5.92 Å². The molecule has 0 unspecified atom stereocenters. The van der Waals surface area contributed by atoms with Crippen LogP contribution in [0.2, 0.25) is 0 Å². The van der Waals surface area contributed by atoms with Crippen molar-refractivity contribution < 1.29 is 14.7 Å². The molecule has 1 aliphatic heterocycles. The summed E-state index contributed by atoms with van der Waals surface area (Å²) in [5.41, 5.74) is 0. The molecule has 0 aromatic carbocycles. The largest absolute Gasteiger partial charge is 0.481 e. The van der Waals surface area contributed by atoms with Gasteiger partial charge in [-0.3, -0.25) is 9.59 Å². The maximum Gasteiger partial charge on any atom is 0.308 e. The highest BCUT2D eigenvalue weighted by molar-refractivity contribution is 5.79. The van der Waals surface area contributed by atoms with E-state index in [2.05, 4.69) is 0 Å². The first kappa shape index (κ1) is 12.0. The Morgan fingerprint density at radius 3 is 2.67 bits per heavy atom. The predicted molar refractivity (Wildman–Crippen MR) is 55.5 cm³/mol. The van der Waals surface area contributed by atoms with Crippen LogP contribution in [0.4, 0.5) is 0 Å². The highest BCUT2D eigenvalue weighted by Gasteiger charge is 2.27. The van der Waals surface area contributed by atoms with Crippen LogP contribution in [-0.4, -0.2) is 60.5 Å². The number of likely N-dealkylation sites (N-methyl/N-ethyl adjacent to an activating group) is 1. The maximum atomic E-state index is 11.7. The average Bonchev–Trinajstić information content (AvgIpc) is 2.17. The van der Waals surface area contributed by atoms with Crippen LogP contribution in [0.5, 0.6) is 0 Å². The second-order valence-electron chi connectivity index (χ2n) is 4.25. The minimum atomic E-state index is -0.794. The maximum absolute atomic E-state index is 11.7. The summed E-state index contributed by atoms with van der Waals surface area (Å²) < 4.78 is 0. The van der Waals surface area contributed by atoms with Crippen molar-refractivity contribution in [1.29, 1.82) is 0 Å². The van der Waals surface area contributed by atoms with Gasteiger partial charge in [0.1, 0.15) is 0 Å². The standard InChI is InChI=1S/C10H18N2O3/c1-11(2)7-9(13)12-5-3-4-8(6-12)10(14)15/h8H,3-7H2,1-2H3,(H,14,15)/t8-/m0/s1. The van der Waals surface area contributed by atoms with Gasteiger partial charge in [-0.25, -0.2) is 0 Å². The molecule has 0 radical (unpaired) electrons. The van der Waals surface area contributed by atoms with Crippen LogP contribution < -0.4 is 0 Å². The lowest BCUT2D eigenvalue weighted by molar-refractivity contribution is -0.145. The van der Waals surface area contributed by atoms with Gasteiger partial charge in [0.25, 0.3) is 0 Å². The van der Waals surface area contributed by atoms with E-state index in [1.807, 2.05) is 14.1 Å². The van der Waals surface area contributed by atoms with Crippen molar-refractivity contribution in [3.63, 3.8) is 0 Å². The summed E-state index contributed by atoms with van der Waals surface area (Å²) in [6, 6.07) is 0. The molecule has 0 aromatic rings. The van der Waals surface area contributed by atoms with E-state index in [0.717, 1.165) is 6.42 Å². The molecule has 86 valence electrons. The number of hydrogen-bond acceptors (Lipinski definition) is 3. The fraction of sp³-hybridized carbons (Fsp3) is 0.800. The van der Waals surface area contributed by atoms with E-state index in [-0.39, 0.29) is 11.8 Å². The summed E-state index contributed by atoms with van der Waals surface area (Å²) in [7, 11) is 3.66. The molecular weight excluding hydrogens is 196 g/mol. The normalized spacial score (nSPS) is 21.8. The molecule has 1 rings (SSSR count). The molecule has 15 heavy (non-hydrogen) atoms. The fourth-order valence-corrected chi connectivity index (χ4v) is 1.78. The van der Waals surface area contributed by atoms with Crippen molar-refractivity contribution in [2.75, 3.05) is 33.7 Å². The van der Waals surface area contributed by atoms with E-state index in [1.165, 1.54) is 0 Å². The van der Waals surface area contributed by atoms with Crippen LogP contribution in [-0.2, 0) is 9.59 Å². The highest BCUT2D eigenvalue weighted by atomic mass is 16.4. The Labute approximate surface area is 89.7 Å². The zero-order valence-corrected chi connectivity index (χ0v) is 9.27. The molecule has 0 bridgehead atoms. The molecule has 1 saturated heterocycles. The molecule has 1 heterocycles. The molecule has 0 spiro atoms. The Balaban J connectivity index is 2.48. The number of likely N-dealkylation sites (tertiary alicyclic amines) is 1. The van der Waals surface area contributed by atoms with Crippen molar-refractivity contribution in [2.24, 2.45) is 5.92 Å². The molecule has 1 N–H and O–H groups in total. The molecule has 1 aliphatic rings. The van der Waals surface area contributed by atoms with Gasteiger partial charge in [0, 0.05) is 13.1 Å². The van der Waals surface area contributed by atoms with Crippen molar-refractivity contribution in [1.82, 2.24) is 9.80 Å². The molecule has 0 aliphatic carbocycles.